The van der Waals surface area contributed by atoms with Crippen LogP contribution in [0, 0.1) is 12.8 Å². The summed E-state index contributed by atoms with van der Waals surface area (Å²) in [5.41, 5.74) is 16.5. The maximum atomic E-state index is 12.9. The highest BCUT2D eigenvalue weighted by molar-refractivity contribution is 5.84. The van der Waals surface area contributed by atoms with Crippen LogP contribution in [0.25, 0.3) is 11.1 Å². The molecule has 1 fully saturated rings. The van der Waals surface area contributed by atoms with Crippen LogP contribution in [0.1, 0.15) is 30.2 Å². The largest absolute Gasteiger partial charge is 0.384 e. The van der Waals surface area contributed by atoms with E-state index in [-0.39, 0.29) is 11.8 Å². The van der Waals surface area contributed by atoms with Gasteiger partial charge >= 0.3 is 0 Å². The molecule has 2 unspecified atom stereocenters. The van der Waals surface area contributed by atoms with Gasteiger partial charge in [0.15, 0.2) is 0 Å². The molecule has 3 heterocycles. The monoisotopic (exact) mass is 472 g/mol. The van der Waals surface area contributed by atoms with Crippen LogP contribution in [-0.4, -0.2) is 45.3 Å². The molecule has 3 aromatic rings. The summed E-state index contributed by atoms with van der Waals surface area (Å²) in [5, 5.41) is 2.96. The second-order valence-corrected chi connectivity index (χ2v) is 9.23. The number of amides is 2. The Morgan fingerprint density at radius 1 is 1.14 bits per heavy atom. The van der Waals surface area contributed by atoms with Crippen LogP contribution < -0.4 is 16.8 Å². The number of rotatable bonds is 8. The van der Waals surface area contributed by atoms with Crippen molar-refractivity contribution in [2.45, 2.75) is 45.3 Å². The molecule has 5 N–H and O–H groups in total. The maximum Gasteiger partial charge on any atom is 0.237 e. The molecule has 2 amide bonds. The number of aryl methyl sites for hydroxylation is 1. The SMILES string of the molecule is Cc1nc(N)ccc1CNC(=O)[C@H](C)N1CC(Cc2ccc(-c3cccnc3)cc2)CC1C(N)=O. The highest BCUT2D eigenvalue weighted by Crippen LogP contribution is 2.29. The Kier molecular flexibility index (Phi) is 7.41. The van der Waals surface area contributed by atoms with Gasteiger partial charge in [0.05, 0.1) is 12.1 Å². The Morgan fingerprint density at radius 3 is 2.57 bits per heavy atom. The lowest BCUT2D eigenvalue weighted by molar-refractivity contribution is -0.129. The fourth-order valence-corrected chi connectivity index (χ4v) is 4.78. The number of nitrogen functional groups attached to an aromatic ring is 1. The molecule has 8 nitrogen and oxygen atoms in total. The van der Waals surface area contributed by atoms with Crippen LogP contribution in [0.2, 0.25) is 0 Å². The van der Waals surface area contributed by atoms with E-state index in [9.17, 15) is 9.59 Å². The second kappa shape index (κ2) is 10.7. The van der Waals surface area contributed by atoms with Crippen LogP contribution in [-0.2, 0) is 22.6 Å². The van der Waals surface area contributed by atoms with Crippen molar-refractivity contribution in [1.82, 2.24) is 20.2 Å². The Morgan fingerprint density at radius 2 is 1.91 bits per heavy atom. The fraction of sp³-hybridized carbons (Fsp3) is 0.333. The first kappa shape index (κ1) is 24.3. The number of likely N-dealkylation sites (tertiary alicyclic amines) is 1. The predicted octanol–water partition coefficient (Wildman–Crippen LogP) is 2.46. The number of benzene rings is 1. The van der Waals surface area contributed by atoms with Crippen molar-refractivity contribution >= 4 is 17.6 Å². The molecule has 0 bridgehead atoms. The van der Waals surface area contributed by atoms with Gasteiger partial charge in [-0.3, -0.25) is 19.5 Å². The molecule has 8 heteroatoms. The Balaban J connectivity index is 1.38. The highest BCUT2D eigenvalue weighted by Gasteiger charge is 2.40. The minimum atomic E-state index is -0.479. The van der Waals surface area contributed by atoms with Gasteiger partial charge in [-0.25, -0.2) is 4.98 Å². The number of hydrogen-bond acceptors (Lipinski definition) is 6. The summed E-state index contributed by atoms with van der Waals surface area (Å²) in [6, 6.07) is 15.0. The van der Waals surface area contributed by atoms with Crippen LogP contribution in [0.5, 0.6) is 0 Å². The van der Waals surface area contributed by atoms with E-state index in [2.05, 4.69) is 39.6 Å². The van der Waals surface area contributed by atoms with Crippen molar-refractivity contribution in [3.8, 4) is 11.1 Å². The Hall–Kier alpha value is -3.78. The summed E-state index contributed by atoms with van der Waals surface area (Å²) in [4.78, 5) is 35.5. The van der Waals surface area contributed by atoms with Gasteiger partial charge in [0.2, 0.25) is 11.8 Å². The topological polar surface area (TPSA) is 127 Å². The third-order valence-corrected chi connectivity index (χ3v) is 6.77. The summed E-state index contributed by atoms with van der Waals surface area (Å²) >= 11 is 0. The third kappa shape index (κ3) is 5.84. The molecular weight excluding hydrogens is 440 g/mol. The third-order valence-electron chi connectivity index (χ3n) is 6.77. The number of primary amides is 1. The lowest BCUT2D eigenvalue weighted by Gasteiger charge is -2.28. The van der Waals surface area contributed by atoms with E-state index in [4.69, 9.17) is 11.5 Å². The zero-order chi connectivity index (χ0) is 24.9. The number of carbonyl (C=O) groups is 2. The summed E-state index contributed by atoms with van der Waals surface area (Å²) in [6.07, 6.45) is 5.06. The lowest BCUT2D eigenvalue weighted by Crippen LogP contribution is -2.51. The quantitative estimate of drug-likeness (QED) is 0.462. The van der Waals surface area contributed by atoms with E-state index in [1.165, 1.54) is 5.56 Å². The van der Waals surface area contributed by atoms with Crippen molar-refractivity contribution in [2.75, 3.05) is 12.3 Å². The molecule has 0 radical (unpaired) electrons. The molecule has 182 valence electrons. The molecule has 1 aliphatic rings. The van der Waals surface area contributed by atoms with Crippen LogP contribution in [0.4, 0.5) is 5.82 Å². The average molecular weight is 473 g/mol. The Labute approximate surface area is 205 Å². The van der Waals surface area contributed by atoms with Gasteiger partial charge in [-0.05, 0) is 67.0 Å². The number of aromatic nitrogens is 2. The summed E-state index contributed by atoms with van der Waals surface area (Å²) in [5.74, 6) is 0.146. The minimum absolute atomic E-state index is 0.144. The normalized spacial score (nSPS) is 18.8. The number of pyridine rings is 2. The van der Waals surface area contributed by atoms with Gasteiger partial charge in [-0.2, -0.15) is 0 Å². The number of nitrogens with two attached hydrogens (primary N) is 2. The number of nitrogens with one attached hydrogen (secondary N) is 1. The smallest absolute Gasteiger partial charge is 0.237 e. The summed E-state index contributed by atoms with van der Waals surface area (Å²) < 4.78 is 0. The minimum Gasteiger partial charge on any atom is -0.384 e. The van der Waals surface area contributed by atoms with Crippen molar-refractivity contribution < 1.29 is 9.59 Å². The molecule has 0 aliphatic carbocycles. The van der Waals surface area contributed by atoms with E-state index in [0.29, 0.717) is 25.3 Å². The van der Waals surface area contributed by atoms with E-state index < -0.39 is 18.0 Å². The number of nitrogens with zero attached hydrogens (tertiary/aromatic N) is 3. The van der Waals surface area contributed by atoms with Crippen molar-refractivity contribution in [3.05, 3.63) is 77.7 Å². The fourth-order valence-electron chi connectivity index (χ4n) is 4.78. The first-order chi connectivity index (χ1) is 16.8. The van der Waals surface area contributed by atoms with E-state index >= 15 is 0 Å². The summed E-state index contributed by atoms with van der Waals surface area (Å²) in [7, 11) is 0. The highest BCUT2D eigenvalue weighted by atomic mass is 16.2. The summed E-state index contributed by atoms with van der Waals surface area (Å²) in [6.45, 7) is 4.67. The van der Waals surface area contributed by atoms with Crippen LogP contribution in [0.3, 0.4) is 0 Å². The second-order valence-electron chi connectivity index (χ2n) is 9.23. The molecule has 2 aromatic heterocycles. The van der Waals surface area contributed by atoms with Gasteiger partial charge in [0, 0.05) is 31.2 Å². The molecule has 4 rings (SSSR count). The standard InChI is InChI=1S/C27H32N6O2/c1-17-22(9-10-25(28)32-17)15-31-27(35)18(2)33-16-20(13-24(33)26(29)34)12-19-5-7-21(8-6-19)23-4-3-11-30-14-23/h3-11,14,18,20,24H,12-13,15-16H2,1-2H3,(H2,28,32)(H2,29,34)(H,31,35)/t18-,20?,24?/m0/s1. The van der Waals surface area contributed by atoms with Gasteiger partial charge in [-0.1, -0.05) is 36.4 Å². The van der Waals surface area contributed by atoms with Crippen LogP contribution >= 0.6 is 0 Å². The number of hydrogen-bond donors (Lipinski definition) is 3. The zero-order valence-electron chi connectivity index (χ0n) is 20.1. The molecule has 1 aromatic carbocycles. The molecule has 0 saturated carbocycles. The molecule has 35 heavy (non-hydrogen) atoms. The van der Waals surface area contributed by atoms with Crippen molar-refractivity contribution in [3.63, 3.8) is 0 Å². The van der Waals surface area contributed by atoms with E-state index in [0.717, 1.165) is 28.8 Å². The zero-order valence-corrected chi connectivity index (χ0v) is 20.1. The first-order valence-electron chi connectivity index (χ1n) is 11.9. The van der Waals surface area contributed by atoms with Crippen LogP contribution in [0.15, 0.2) is 60.9 Å². The lowest BCUT2D eigenvalue weighted by atomic mass is 9.95. The molecule has 1 saturated heterocycles. The molecule has 0 spiro atoms. The number of carbonyl (C=O) groups excluding carboxylic acids is 2. The predicted molar refractivity (Wildman–Crippen MR) is 136 cm³/mol. The average Bonchev–Trinajstić information content (AvgIpc) is 3.28. The maximum absolute atomic E-state index is 12.9. The van der Waals surface area contributed by atoms with E-state index in [1.807, 2.05) is 43.1 Å². The molecule has 3 atom stereocenters. The molecular formula is C27H32N6O2. The first-order valence-corrected chi connectivity index (χ1v) is 11.9. The van der Waals surface area contributed by atoms with Gasteiger partial charge in [0.25, 0.3) is 0 Å². The van der Waals surface area contributed by atoms with Gasteiger partial charge in [-0.15, -0.1) is 0 Å². The van der Waals surface area contributed by atoms with Gasteiger partial charge in [0.1, 0.15) is 5.82 Å². The Bertz CT molecular complexity index is 1180. The number of anilines is 1. The van der Waals surface area contributed by atoms with Crippen molar-refractivity contribution in [1.29, 1.82) is 0 Å². The van der Waals surface area contributed by atoms with Gasteiger partial charge < -0.3 is 16.8 Å². The molecule has 1 aliphatic heterocycles. The van der Waals surface area contributed by atoms with E-state index in [1.54, 1.807) is 12.3 Å². The van der Waals surface area contributed by atoms with Crippen molar-refractivity contribution in [2.24, 2.45) is 11.7 Å².